The second kappa shape index (κ2) is 6.91. The molecule has 1 aliphatic rings. The summed E-state index contributed by atoms with van der Waals surface area (Å²) in [4.78, 5) is 12.6. The van der Waals surface area contributed by atoms with Gasteiger partial charge in [-0.05, 0) is 59.7 Å². The van der Waals surface area contributed by atoms with E-state index >= 15 is 0 Å². The number of nitrogens with one attached hydrogen (secondary N) is 1. The van der Waals surface area contributed by atoms with Crippen LogP contribution in [0.15, 0.2) is 60.8 Å². The lowest BCUT2D eigenvalue weighted by Gasteiger charge is -2.23. The first-order chi connectivity index (χ1) is 13.1. The maximum atomic E-state index is 12.6. The monoisotopic (exact) mass is 361 g/mol. The van der Waals surface area contributed by atoms with E-state index in [2.05, 4.69) is 41.6 Å². The van der Waals surface area contributed by atoms with E-state index in [4.69, 9.17) is 4.74 Å². The SMILES string of the molecule is COc1ccc(-n2ccc(C(=O)NCC3(C)Cc4ccccc4C3)n2)cc1. The van der Waals surface area contributed by atoms with Crippen molar-refractivity contribution in [2.75, 3.05) is 13.7 Å². The van der Waals surface area contributed by atoms with Crippen molar-refractivity contribution in [3.63, 3.8) is 0 Å². The van der Waals surface area contributed by atoms with E-state index in [1.807, 2.05) is 24.3 Å². The number of amides is 1. The summed E-state index contributed by atoms with van der Waals surface area (Å²) in [6, 6.07) is 17.8. The normalized spacial score (nSPS) is 14.6. The second-order valence-electron chi connectivity index (χ2n) is 7.46. The number of fused-ring (bicyclic) bond motifs is 1. The molecule has 1 amide bonds. The van der Waals surface area contributed by atoms with Crippen molar-refractivity contribution in [1.82, 2.24) is 15.1 Å². The lowest BCUT2D eigenvalue weighted by atomic mass is 9.87. The van der Waals surface area contributed by atoms with Crippen LogP contribution in [0.2, 0.25) is 0 Å². The number of hydrogen-bond acceptors (Lipinski definition) is 3. The van der Waals surface area contributed by atoms with Gasteiger partial charge in [-0.1, -0.05) is 31.2 Å². The summed E-state index contributed by atoms with van der Waals surface area (Å²) in [6.45, 7) is 2.86. The molecule has 4 rings (SSSR count). The zero-order valence-corrected chi connectivity index (χ0v) is 15.6. The number of rotatable bonds is 5. The van der Waals surface area contributed by atoms with Crippen LogP contribution in [-0.2, 0) is 12.8 Å². The van der Waals surface area contributed by atoms with Crippen molar-refractivity contribution in [2.24, 2.45) is 5.41 Å². The number of benzene rings is 2. The van der Waals surface area contributed by atoms with Gasteiger partial charge in [0.25, 0.3) is 5.91 Å². The van der Waals surface area contributed by atoms with Crippen LogP contribution in [0.25, 0.3) is 5.69 Å². The first-order valence-corrected chi connectivity index (χ1v) is 9.11. The third kappa shape index (κ3) is 3.58. The van der Waals surface area contributed by atoms with Crippen molar-refractivity contribution in [1.29, 1.82) is 0 Å². The molecule has 0 radical (unpaired) electrons. The number of nitrogens with zero attached hydrogens (tertiary/aromatic N) is 2. The number of methoxy groups -OCH3 is 1. The molecule has 0 saturated carbocycles. The lowest BCUT2D eigenvalue weighted by Crippen LogP contribution is -2.36. The van der Waals surface area contributed by atoms with E-state index in [1.54, 1.807) is 24.1 Å². The highest BCUT2D eigenvalue weighted by Crippen LogP contribution is 2.35. The van der Waals surface area contributed by atoms with Crippen LogP contribution in [-0.4, -0.2) is 29.3 Å². The van der Waals surface area contributed by atoms with E-state index < -0.39 is 0 Å². The Labute approximate surface area is 159 Å². The van der Waals surface area contributed by atoms with E-state index in [9.17, 15) is 4.79 Å². The number of carbonyl (C=O) groups is 1. The first kappa shape index (κ1) is 17.3. The molecule has 138 valence electrons. The number of carbonyl (C=O) groups excluding carboxylic acids is 1. The van der Waals surface area contributed by atoms with Crippen LogP contribution in [0.5, 0.6) is 5.75 Å². The Bertz CT molecular complexity index is 935. The summed E-state index contributed by atoms with van der Waals surface area (Å²) < 4.78 is 6.86. The highest BCUT2D eigenvalue weighted by molar-refractivity contribution is 5.92. The summed E-state index contributed by atoms with van der Waals surface area (Å²) in [7, 11) is 1.63. The van der Waals surface area contributed by atoms with Gasteiger partial charge in [0, 0.05) is 12.7 Å². The minimum atomic E-state index is -0.139. The molecular weight excluding hydrogens is 338 g/mol. The van der Waals surface area contributed by atoms with Crippen molar-refractivity contribution >= 4 is 5.91 Å². The van der Waals surface area contributed by atoms with Crippen LogP contribution in [0.4, 0.5) is 0 Å². The third-order valence-electron chi connectivity index (χ3n) is 5.19. The van der Waals surface area contributed by atoms with Crippen LogP contribution in [0, 0.1) is 5.41 Å². The molecule has 0 spiro atoms. The average molecular weight is 361 g/mol. The summed E-state index contributed by atoms with van der Waals surface area (Å²) in [5, 5.41) is 7.47. The Hall–Kier alpha value is -3.08. The molecule has 1 aromatic heterocycles. The quantitative estimate of drug-likeness (QED) is 0.758. The smallest absolute Gasteiger partial charge is 0.271 e. The fourth-order valence-corrected chi connectivity index (χ4v) is 3.72. The van der Waals surface area contributed by atoms with Crippen molar-refractivity contribution in [3.05, 3.63) is 77.6 Å². The van der Waals surface area contributed by atoms with Crippen LogP contribution < -0.4 is 10.1 Å². The fourth-order valence-electron chi connectivity index (χ4n) is 3.72. The topological polar surface area (TPSA) is 56.1 Å². The maximum absolute atomic E-state index is 12.6. The fraction of sp³-hybridized carbons (Fsp3) is 0.273. The van der Waals surface area contributed by atoms with Crippen LogP contribution >= 0.6 is 0 Å². The van der Waals surface area contributed by atoms with Gasteiger partial charge in [0.15, 0.2) is 5.69 Å². The molecule has 0 fully saturated rings. The Morgan fingerprint density at radius 1 is 1.11 bits per heavy atom. The van der Waals surface area contributed by atoms with Gasteiger partial charge in [0.2, 0.25) is 0 Å². The highest BCUT2D eigenvalue weighted by Gasteiger charge is 2.33. The Balaban J connectivity index is 1.40. The number of ether oxygens (including phenoxy) is 1. The van der Waals surface area contributed by atoms with E-state index in [1.165, 1.54) is 11.1 Å². The molecule has 0 bridgehead atoms. The van der Waals surface area contributed by atoms with E-state index in [0.29, 0.717) is 12.2 Å². The van der Waals surface area contributed by atoms with Gasteiger partial charge < -0.3 is 10.1 Å². The van der Waals surface area contributed by atoms with Crippen molar-refractivity contribution in [3.8, 4) is 11.4 Å². The number of hydrogen-bond donors (Lipinski definition) is 1. The van der Waals surface area contributed by atoms with Crippen LogP contribution in [0.3, 0.4) is 0 Å². The Kier molecular flexibility index (Phi) is 4.44. The molecule has 5 nitrogen and oxygen atoms in total. The highest BCUT2D eigenvalue weighted by atomic mass is 16.5. The minimum Gasteiger partial charge on any atom is -0.497 e. The molecule has 1 aliphatic carbocycles. The van der Waals surface area contributed by atoms with Crippen LogP contribution in [0.1, 0.15) is 28.5 Å². The van der Waals surface area contributed by atoms with Gasteiger partial charge in [-0.3, -0.25) is 4.79 Å². The predicted molar refractivity (Wildman–Crippen MR) is 104 cm³/mol. The first-order valence-electron chi connectivity index (χ1n) is 9.11. The lowest BCUT2D eigenvalue weighted by molar-refractivity contribution is 0.0929. The molecule has 3 aromatic rings. The summed E-state index contributed by atoms with van der Waals surface area (Å²) in [5.74, 6) is 0.647. The third-order valence-corrected chi connectivity index (χ3v) is 5.19. The summed E-state index contributed by atoms with van der Waals surface area (Å²) >= 11 is 0. The zero-order valence-electron chi connectivity index (χ0n) is 15.6. The van der Waals surface area contributed by atoms with Crippen molar-refractivity contribution < 1.29 is 9.53 Å². The second-order valence-corrected chi connectivity index (χ2v) is 7.46. The maximum Gasteiger partial charge on any atom is 0.271 e. The largest absolute Gasteiger partial charge is 0.497 e. The summed E-state index contributed by atoms with van der Waals surface area (Å²) in [5.41, 5.74) is 4.13. The summed E-state index contributed by atoms with van der Waals surface area (Å²) in [6.07, 6.45) is 3.78. The van der Waals surface area contributed by atoms with Gasteiger partial charge >= 0.3 is 0 Å². The van der Waals surface area contributed by atoms with E-state index in [-0.39, 0.29) is 11.3 Å². The molecular formula is C22H23N3O2. The van der Waals surface area contributed by atoms with Gasteiger partial charge in [-0.2, -0.15) is 5.10 Å². The molecule has 0 unspecified atom stereocenters. The van der Waals surface area contributed by atoms with Gasteiger partial charge in [-0.25, -0.2) is 4.68 Å². The predicted octanol–water partition coefficient (Wildman–Crippen LogP) is 3.42. The molecule has 2 aromatic carbocycles. The average Bonchev–Trinajstić information content (AvgIpc) is 3.30. The number of aromatic nitrogens is 2. The van der Waals surface area contributed by atoms with E-state index in [0.717, 1.165) is 24.3 Å². The Morgan fingerprint density at radius 3 is 2.41 bits per heavy atom. The molecule has 27 heavy (non-hydrogen) atoms. The molecule has 0 atom stereocenters. The Morgan fingerprint density at radius 2 is 1.78 bits per heavy atom. The molecule has 0 saturated heterocycles. The van der Waals surface area contributed by atoms with Gasteiger partial charge in [-0.15, -0.1) is 0 Å². The van der Waals surface area contributed by atoms with Gasteiger partial charge in [0.1, 0.15) is 5.75 Å². The minimum absolute atomic E-state index is 0.0535. The molecule has 1 N–H and O–H groups in total. The molecule has 1 heterocycles. The zero-order chi connectivity index (χ0) is 18.9. The molecule has 5 heteroatoms. The standard InChI is InChI=1S/C22H23N3O2/c1-22(13-16-5-3-4-6-17(16)14-22)15-23-21(26)20-11-12-25(24-20)18-7-9-19(27-2)10-8-18/h3-12H,13-15H2,1-2H3,(H,23,26). The molecule has 0 aliphatic heterocycles. The van der Waals surface area contributed by atoms with Gasteiger partial charge in [0.05, 0.1) is 12.8 Å². The van der Waals surface area contributed by atoms with Crippen molar-refractivity contribution in [2.45, 2.75) is 19.8 Å².